The number of amides is 1. The first-order chi connectivity index (χ1) is 12.1. The molecule has 1 aromatic carbocycles. The minimum absolute atomic E-state index is 0.158. The van der Waals surface area contributed by atoms with E-state index in [-0.39, 0.29) is 12.0 Å². The first-order valence-electron chi connectivity index (χ1n) is 8.36. The number of rotatable bonds is 9. The van der Waals surface area contributed by atoms with Crippen LogP contribution in [-0.4, -0.2) is 43.9 Å². The molecule has 136 valence electrons. The van der Waals surface area contributed by atoms with Gasteiger partial charge in [-0.15, -0.1) is 0 Å². The van der Waals surface area contributed by atoms with Gasteiger partial charge in [-0.25, -0.2) is 0 Å². The first-order valence-corrected chi connectivity index (χ1v) is 8.36. The molecule has 1 aromatic heterocycles. The van der Waals surface area contributed by atoms with Gasteiger partial charge in [0.05, 0.1) is 31.6 Å². The predicted octanol–water partition coefficient (Wildman–Crippen LogP) is 3.04. The van der Waals surface area contributed by atoms with Crippen molar-refractivity contribution in [3.05, 3.63) is 42.2 Å². The van der Waals surface area contributed by atoms with Crippen molar-refractivity contribution >= 4 is 5.91 Å². The van der Waals surface area contributed by atoms with Crippen molar-refractivity contribution in [2.24, 2.45) is 0 Å². The molecule has 0 aliphatic heterocycles. The van der Waals surface area contributed by atoms with E-state index in [1.54, 1.807) is 26.4 Å². The lowest BCUT2D eigenvalue weighted by Crippen LogP contribution is -2.26. The number of carbonyl (C=O) groups excluding carboxylic acids is 1. The van der Waals surface area contributed by atoms with Crippen LogP contribution in [0.2, 0.25) is 0 Å². The highest BCUT2D eigenvalue weighted by molar-refractivity contribution is 5.98. The molecule has 0 saturated carbocycles. The maximum Gasteiger partial charge on any atom is 0.253 e. The minimum Gasteiger partial charge on any atom is -0.493 e. The molecule has 1 heterocycles. The van der Waals surface area contributed by atoms with Gasteiger partial charge in [0.25, 0.3) is 5.91 Å². The lowest BCUT2D eigenvalue weighted by Gasteiger charge is -2.16. The molecule has 0 aliphatic rings. The van der Waals surface area contributed by atoms with E-state index < -0.39 is 0 Å². The van der Waals surface area contributed by atoms with E-state index in [0.29, 0.717) is 30.2 Å². The molecule has 1 amide bonds. The Labute approximate surface area is 148 Å². The molecule has 0 fully saturated rings. The van der Waals surface area contributed by atoms with E-state index >= 15 is 0 Å². The highest BCUT2D eigenvalue weighted by Gasteiger charge is 2.17. The van der Waals surface area contributed by atoms with Crippen LogP contribution < -0.4 is 14.8 Å². The highest BCUT2D eigenvalue weighted by atomic mass is 16.5. The minimum atomic E-state index is -0.158. The molecule has 2 rings (SSSR count). The summed E-state index contributed by atoms with van der Waals surface area (Å²) in [6.45, 7) is 5.15. The second-order valence-corrected chi connectivity index (χ2v) is 5.84. The Balaban J connectivity index is 2.18. The van der Waals surface area contributed by atoms with Crippen molar-refractivity contribution < 1.29 is 19.0 Å². The van der Waals surface area contributed by atoms with Crippen molar-refractivity contribution in [3.8, 4) is 17.2 Å². The number of ether oxygens (including phenoxy) is 3. The second kappa shape index (κ2) is 9.13. The van der Waals surface area contributed by atoms with E-state index in [1.165, 1.54) is 0 Å². The summed E-state index contributed by atoms with van der Waals surface area (Å²) in [6, 6.07) is 7.31. The number of methoxy groups -OCH3 is 2. The summed E-state index contributed by atoms with van der Waals surface area (Å²) in [5, 5.41) is 2.94. The molecule has 6 nitrogen and oxygen atoms in total. The van der Waals surface area contributed by atoms with Gasteiger partial charge in [0.1, 0.15) is 0 Å². The van der Waals surface area contributed by atoms with E-state index in [0.717, 1.165) is 12.1 Å². The number of aromatic nitrogens is 1. The molecule has 0 unspecified atom stereocenters. The van der Waals surface area contributed by atoms with Crippen molar-refractivity contribution in [2.75, 3.05) is 27.4 Å². The van der Waals surface area contributed by atoms with E-state index in [2.05, 4.69) is 5.32 Å². The summed E-state index contributed by atoms with van der Waals surface area (Å²) in [5.41, 5.74) is 1.26. The van der Waals surface area contributed by atoms with Crippen LogP contribution in [0, 0.1) is 0 Å². The Morgan fingerprint density at radius 3 is 2.36 bits per heavy atom. The van der Waals surface area contributed by atoms with E-state index in [9.17, 15) is 4.79 Å². The lowest BCUT2D eigenvalue weighted by atomic mass is 10.1. The van der Waals surface area contributed by atoms with Crippen molar-refractivity contribution in [3.63, 3.8) is 0 Å². The van der Waals surface area contributed by atoms with Crippen LogP contribution >= 0.6 is 0 Å². The maximum absolute atomic E-state index is 12.7. The lowest BCUT2D eigenvalue weighted by molar-refractivity contribution is 0.0757. The molecule has 0 saturated heterocycles. The van der Waals surface area contributed by atoms with Crippen LogP contribution in [-0.2, 0) is 4.74 Å². The van der Waals surface area contributed by atoms with Gasteiger partial charge in [0.15, 0.2) is 11.5 Å². The molecule has 0 radical (unpaired) electrons. The molecule has 0 bridgehead atoms. The number of hydrogen-bond donors (Lipinski definition) is 1. The molecule has 25 heavy (non-hydrogen) atoms. The highest BCUT2D eigenvalue weighted by Crippen LogP contribution is 2.32. The summed E-state index contributed by atoms with van der Waals surface area (Å²) < 4.78 is 18.1. The van der Waals surface area contributed by atoms with Crippen LogP contribution in [0.5, 0.6) is 11.5 Å². The molecule has 2 aromatic rings. The topological polar surface area (TPSA) is 61.7 Å². The zero-order valence-electron chi connectivity index (χ0n) is 15.2. The summed E-state index contributed by atoms with van der Waals surface area (Å²) >= 11 is 0. The fraction of sp³-hybridized carbons (Fsp3) is 0.421. The summed E-state index contributed by atoms with van der Waals surface area (Å²) in [7, 11) is 3.13. The predicted molar refractivity (Wildman–Crippen MR) is 96.9 cm³/mol. The zero-order chi connectivity index (χ0) is 18.2. The average Bonchev–Trinajstić information content (AvgIpc) is 3.14. The van der Waals surface area contributed by atoms with Gasteiger partial charge >= 0.3 is 0 Å². The summed E-state index contributed by atoms with van der Waals surface area (Å²) in [4.78, 5) is 12.7. The van der Waals surface area contributed by atoms with Gasteiger partial charge in [-0.2, -0.15) is 0 Å². The van der Waals surface area contributed by atoms with Gasteiger partial charge in [0, 0.05) is 31.6 Å². The Morgan fingerprint density at radius 1 is 1.12 bits per heavy atom. The van der Waals surface area contributed by atoms with Crippen molar-refractivity contribution in [2.45, 2.75) is 26.4 Å². The quantitative estimate of drug-likeness (QED) is 0.709. The van der Waals surface area contributed by atoms with Crippen LogP contribution in [0.15, 0.2) is 36.7 Å². The molecular formula is C19H26N2O4. The van der Waals surface area contributed by atoms with Gasteiger partial charge < -0.3 is 24.1 Å². The molecule has 1 N–H and O–H groups in total. The van der Waals surface area contributed by atoms with Crippen LogP contribution in [0.4, 0.5) is 0 Å². The van der Waals surface area contributed by atoms with Crippen molar-refractivity contribution in [1.82, 2.24) is 9.88 Å². The van der Waals surface area contributed by atoms with Crippen molar-refractivity contribution in [1.29, 1.82) is 0 Å². The molecule has 0 spiro atoms. The Bertz CT molecular complexity index is 681. The van der Waals surface area contributed by atoms with Gasteiger partial charge in [0.2, 0.25) is 0 Å². The van der Waals surface area contributed by atoms with Crippen LogP contribution in [0.3, 0.4) is 0 Å². The number of nitrogens with one attached hydrogen (secondary N) is 1. The Kier molecular flexibility index (Phi) is 6.89. The molecule has 0 atom stereocenters. The Morgan fingerprint density at radius 2 is 1.76 bits per heavy atom. The fourth-order valence-electron chi connectivity index (χ4n) is 2.45. The summed E-state index contributed by atoms with van der Waals surface area (Å²) in [6.07, 6.45) is 4.72. The van der Waals surface area contributed by atoms with Gasteiger partial charge in [-0.1, -0.05) is 0 Å². The van der Waals surface area contributed by atoms with Gasteiger partial charge in [-0.05, 0) is 38.5 Å². The smallest absolute Gasteiger partial charge is 0.253 e. The number of hydrogen-bond acceptors (Lipinski definition) is 4. The maximum atomic E-state index is 12.7. The largest absolute Gasteiger partial charge is 0.493 e. The number of nitrogens with zero attached hydrogens (tertiary/aromatic N) is 1. The number of benzene rings is 1. The normalized spacial score (nSPS) is 10.8. The zero-order valence-corrected chi connectivity index (χ0v) is 15.2. The third-order valence-corrected chi connectivity index (χ3v) is 3.69. The first kappa shape index (κ1) is 18.9. The van der Waals surface area contributed by atoms with E-state index in [4.69, 9.17) is 14.2 Å². The third kappa shape index (κ3) is 5.00. The summed E-state index contributed by atoms with van der Waals surface area (Å²) in [5.74, 6) is 0.939. The SMILES string of the molecule is COc1cc(C(=O)NCCCOC(C)C)c(-n2cccc2)cc1OC. The number of carbonyl (C=O) groups is 1. The monoisotopic (exact) mass is 346 g/mol. The third-order valence-electron chi connectivity index (χ3n) is 3.69. The Hall–Kier alpha value is -2.47. The molecule has 6 heteroatoms. The van der Waals surface area contributed by atoms with Gasteiger partial charge in [-0.3, -0.25) is 4.79 Å². The standard InChI is InChI=1S/C19H26N2O4/c1-14(2)25-11-7-8-20-19(22)15-12-17(23-3)18(24-4)13-16(15)21-9-5-6-10-21/h5-6,9-10,12-14H,7-8,11H2,1-4H3,(H,20,22). The van der Waals surface area contributed by atoms with Crippen LogP contribution in [0.25, 0.3) is 5.69 Å². The van der Waals surface area contributed by atoms with Crippen LogP contribution in [0.1, 0.15) is 30.6 Å². The molecular weight excluding hydrogens is 320 g/mol. The molecule has 0 aliphatic carbocycles. The fourth-order valence-corrected chi connectivity index (χ4v) is 2.45. The van der Waals surface area contributed by atoms with E-state index in [1.807, 2.05) is 42.9 Å². The average molecular weight is 346 g/mol. The second-order valence-electron chi connectivity index (χ2n) is 5.84.